The average Bonchev–Trinajstić information content (AvgIpc) is 3.05. The van der Waals surface area contributed by atoms with Gasteiger partial charge in [-0.05, 0) is 42.4 Å². The molecule has 3 rings (SSSR count). The van der Waals surface area contributed by atoms with Crippen molar-refractivity contribution < 1.29 is 17.5 Å². The molecule has 1 aromatic rings. The average molecular weight is 371 g/mol. The van der Waals surface area contributed by atoms with E-state index in [4.69, 9.17) is 4.74 Å². The molecule has 1 fully saturated rings. The zero-order chi connectivity index (χ0) is 17.2. The molecule has 2 aliphatic heterocycles. The summed E-state index contributed by atoms with van der Waals surface area (Å²) in [5.74, 6) is 1.18. The number of rotatable bonds is 5. The third-order valence-corrected chi connectivity index (χ3v) is 6.70. The molecule has 1 aromatic carbocycles. The van der Waals surface area contributed by atoms with Gasteiger partial charge in [-0.25, -0.2) is 12.8 Å². The Bertz CT molecular complexity index is 697. The predicted octanol–water partition coefficient (Wildman–Crippen LogP) is 3.00. The van der Waals surface area contributed by atoms with Crippen LogP contribution in [0, 0.1) is 0 Å². The van der Waals surface area contributed by atoms with Crippen molar-refractivity contribution in [1.29, 1.82) is 0 Å². The lowest BCUT2D eigenvalue weighted by Crippen LogP contribution is -2.38. The van der Waals surface area contributed by atoms with Crippen LogP contribution in [0.2, 0.25) is 0 Å². The van der Waals surface area contributed by atoms with Crippen molar-refractivity contribution >= 4 is 27.3 Å². The van der Waals surface area contributed by atoms with Gasteiger partial charge in [0, 0.05) is 23.6 Å². The highest BCUT2D eigenvalue weighted by Crippen LogP contribution is 2.28. The first-order valence-corrected chi connectivity index (χ1v) is 11.0. The molecule has 132 valence electrons. The Morgan fingerprint density at radius 2 is 2.08 bits per heavy atom. The first-order valence-electron chi connectivity index (χ1n) is 8.08. The fraction of sp³-hybridized carbons (Fsp3) is 0.529. The molecule has 1 saturated heterocycles. The molecule has 4 nitrogen and oxygen atoms in total. The number of alkyl halides is 1. The summed E-state index contributed by atoms with van der Waals surface area (Å²) in [6.45, 7) is 0.634. The molecule has 2 aliphatic rings. The molecule has 0 saturated carbocycles. The van der Waals surface area contributed by atoms with Crippen molar-refractivity contribution in [3.8, 4) is 0 Å². The Hall–Kier alpha value is -1.05. The maximum absolute atomic E-state index is 14.0. The van der Waals surface area contributed by atoms with Gasteiger partial charge in [0.15, 0.2) is 9.84 Å². The van der Waals surface area contributed by atoms with E-state index >= 15 is 0 Å². The van der Waals surface area contributed by atoms with Gasteiger partial charge in [-0.15, -0.1) is 0 Å². The van der Waals surface area contributed by atoms with Crippen LogP contribution >= 0.6 is 11.8 Å². The molecular formula is C17H22FNO3S2. The maximum atomic E-state index is 14.0. The Labute approximate surface area is 146 Å². The third-order valence-electron chi connectivity index (χ3n) is 4.20. The number of nitrogens with one attached hydrogen (secondary N) is 1. The normalized spacial score (nSPS) is 27.6. The molecule has 24 heavy (non-hydrogen) atoms. The quantitative estimate of drug-likeness (QED) is 0.862. The van der Waals surface area contributed by atoms with E-state index in [9.17, 15) is 12.8 Å². The number of benzene rings is 1. The summed E-state index contributed by atoms with van der Waals surface area (Å²) in [5, 5.41) is 3.73. The molecule has 0 spiro atoms. The van der Waals surface area contributed by atoms with Crippen molar-refractivity contribution in [2.45, 2.75) is 41.8 Å². The SMILES string of the molecule is CS(=O)(=O)c1ccc(C2=CC(F)CC(OCC3CCCS3)N2)cc1. The van der Waals surface area contributed by atoms with E-state index in [2.05, 4.69) is 5.32 Å². The summed E-state index contributed by atoms with van der Waals surface area (Å²) in [5.41, 5.74) is 1.41. The molecule has 3 atom stereocenters. The smallest absolute Gasteiger partial charge is 0.175 e. The number of allylic oxidation sites excluding steroid dienone is 1. The minimum absolute atomic E-state index is 0.255. The van der Waals surface area contributed by atoms with Crippen molar-refractivity contribution in [3.63, 3.8) is 0 Å². The highest BCUT2D eigenvalue weighted by molar-refractivity contribution is 8.00. The monoisotopic (exact) mass is 371 g/mol. The topological polar surface area (TPSA) is 55.4 Å². The molecule has 0 bridgehead atoms. The number of halogens is 1. The van der Waals surface area contributed by atoms with Gasteiger partial charge in [0.05, 0.1) is 11.5 Å². The van der Waals surface area contributed by atoms with E-state index in [0.717, 1.165) is 12.0 Å². The summed E-state index contributed by atoms with van der Waals surface area (Å²) < 4.78 is 42.9. The van der Waals surface area contributed by atoms with Crippen LogP contribution in [0.15, 0.2) is 35.2 Å². The molecule has 1 N–H and O–H groups in total. The summed E-state index contributed by atoms with van der Waals surface area (Å²) in [6, 6.07) is 6.47. The third kappa shape index (κ3) is 4.52. The van der Waals surface area contributed by atoms with Gasteiger partial charge in [-0.3, -0.25) is 0 Å². The van der Waals surface area contributed by atoms with Crippen molar-refractivity contribution in [2.75, 3.05) is 18.6 Å². The highest BCUT2D eigenvalue weighted by Gasteiger charge is 2.25. The van der Waals surface area contributed by atoms with E-state index in [1.165, 1.54) is 24.5 Å². The van der Waals surface area contributed by atoms with Crippen molar-refractivity contribution in [1.82, 2.24) is 5.32 Å². The van der Waals surface area contributed by atoms with E-state index in [1.807, 2.05) is 11.8 Å². The van der Waals surface area contributed by atoms with Crippen LogP contribution < -0.4 is 5.32 Å². The summed E-state index contributed by atoms with van der Waals surface area (Å²) >= 11 is 1.91. The number of hydrogen-bond donors (Lipinski definition) is 1. The lowest BCUT2D eigenvalue weighted by molar-refractivity contribution is 0.0212. The van der Waals surface area contributed by atoms with Gasteiger partial charge in [-0.2, -0.15) is 11.8 Å². The number of hydrogen-bond acceptors (Lipinski definition) is 5. The van der Waals surface area contributed by atoms with Gasteiger partial charge < -0.3 is 10.1 Å². The van der Waals surface area contributed by atoms with E-state index in [0.29, 0.717) is 24.0 Å². The first kappa shape index (κ1) is 17.8. The lowest BCUT2D eigenvalue weighted by atomic mass is 10.1. The number of thioether (sulfide) groups is 1. The lowest BCUT2D eigenvalue weighted by Gasteiger charge is -2.28. The minimum atomic E-state index is -3.23. The zero-order valence-corrected chi connectivity index (χ0v) is 15.2. The van der Waals surface area contributed by atoms with Crippen LogP contribution in [0.3, 0.4) is 0 Å². The molecule has 2 heterocycles. The minimum Gasteiger partial charge on any atom is -0.360 e. The van der Waals surface area contributed by atoms with Crippen LogP contribution in [0.25, 0.3) is 5.70 Å². The van der Waals surface area contributed by atoms with Gasteiger partial charge >= 0.3 is 0 Å². The molecule has 0 aliphatic carbocycles. The van der Waals surface area contributed by atoms with Crippen molar-refractivity contribution in [2.24, 2.45) is 0 Å². The van der Waals surface area contributed by atoms with Crippen LogP contribution in [0.1, 0.15) is 24.8 Å². The van der Waals surface area contributed by atoms with Gasteiger partial charge in [0.25, 0.3) is 0 Å². The molecule has 7 heteroatoms. The summed E-state index contributed by atoms with van der Waals surface area (Å²) in [4.78, 5) is 0.255. The molecule has 3 unspecified atom stereocenters. The van der Waals surface area contributed by atoms with Crippen LogP contribution in [0.5, 0.6) is 0 Å². The zero-order valence-electron chi connectivity index (χ0n) is 13.6. The van der Waals surface area contributed by atoms with E-state index < -0.39 is 16.0 Å². The molecule has 0 amide bonds. The van der Waals surface area contributed by atoms with Crippen LogP contribution in [-0.4, -0.2) is 44.7 Å². The van der Waals surface area contributed by atoms with E-state index in [-0.39, 0.29) is 11.1 Å². The highest BCUT2D eigenvalue weighted by atomic mass is 32.2. The summed E-state index contributed by atoms with van der Waals surface area (Å²) in [6.07, 6.45) is 3.95. The van der Waals surface area contributed by atoms with Gasteiger partial charge in [-0.1, -0.05) is 12.1 Å². The fourth-order valence-electron chi connectivity index (χ4n) is 2.90. The van der Waals surface area contributed by atoms with Gasteiger partial charge in [0.2, 0.25) is 0 Å². The Morgan fingerprint density at radius 3 is 2.71 bits per heavy atom. The first-order chi connectivity index (χ1) is 11.4. The van der Waals surface area contributed by atoms with Gasteiger partial charge in [0.1, 0.15) is 12.4 Å². The Balaban J connectivity index is 1.66. The number of ether oxygens (including phenoxy) is 1. The van der Waals surface area contributed by atoms with Crippen molar-refractivity contribution in [3.05, 3.63) is 35.9 Å². The second-order valence-electron chi connectivity index (χ2n) is 6.23. The summed E-state index contributed by atoms with van der Waals surface area (Å²) in [7, 11) is -3.23. The predicted molar refractivity (Wildman–Crippen MR) is 95.4 cm³/mol. The van der Waals surface area contributed by atoms with Crippen LogP contribution in [0.4, 0.5) is 4.39 Å². The maximum Gasteiger partial charge on any atom is 0.175 e. The number of sulfone groups is 1. The molecular weight excluding hydrogens is 349 g/mol. The largest absolute Gasteiger partial charge is 0.360 e. The van der Waals surface area contributed by atoms with Crippen LogP contribution in [-0.2, 0) is 14.6 Å². The molecule has 0 aromatic heterocycles. The standard InChI is InChI=1S/C17H22FNO3S2/c1-24(20,21)15-6-4-12(5-7-15)16-9-13(18)10-17(19-16)22-11-14-3-2-8-23-14/h4-7,9,13-14,17,19H,2-3,8,10-11H2,1H3. The fourth-order valence-corrected chi connectivity index (χ4v) is 4.71. The Morgan fingerprint density at radius 1 is 1.33 bits per heavy atom. The second kappa shape index (κ2) is 7.45. The second-order valence-corrected chi connectivity index (χ2v) is 9.65. The molecule has 0 radical (unpaired) electrons. The van der Waals surface area contributed by atoms with E-state index in [1.54, 1.807) is 24.3 Å². The Kier molecular flexibility index (Phi) is 5.52.